The molecule has 27 heavy (non-hydrogen) atoms. The average molecular weight is 400 g/mol. The number of nitrogens with one attached hydrogen (secondary N) is 3. The maximum atomic E-state index is 12.1. The molecule has 2 heterocycles. The third-order valence-electron chi connectivity index (χ3n) is 3.40. The van der Waals surface area contributed by atoms with E-state index in [0.717, 1.165) is 4.88 Å². The topological polar surface area (TPSA) is 99.8 Å². The van der Waals surface area contributed by atoms with Gasteiger partial charge in [-0.1, -0.05) is 23.9 Å². The second kappa shape index (κ2) is 9.15. The number of benzene rings is 1. The van der Waals surface area contributed by atoms with Gasteiger partial charge in [0.15, 0.2) is 0 Å². The quantitative estimate of drug-likeness (QED) is 0.530. The first-order chi connectivity index (χ1) is 13.1. The summed E-state index contributed by atoms with van der Waals surface area (Å²) in [5.41, 5.74) is 1.05. The summed E-state index contributed by atoms with van der Waals surface area (Å²) >= 11 is 2.87. The van der Waals surface area contributed by atoms with Crippen molar-refractivity contribution in [3.8, 4) is 0 Å². The summed E-state index contributed by atoms with van der Waals surface area (Å²) in [6.07, 6.45) is 3.79. The minimum atomic E-state index is -0.204. The Kier molecular flexibility index (Phi) is 6.39. The third kappa shape index (κ3) is 5.53. The number of rotatable bonds is 7. The van der Waals surface area contributed by atoms with Gasteiger partial charge in [0.2, 0.25) is 11.1 Å². The molecule has 2 amide bonds. The number of hydrogen-bond acceptors (Lipinski definition) is 6. The predicted molar refractivity (Wildman–Crippen MR) is 109 cm³/mol. The lowest BCUT2D eigenvalue weighted by atomic mass is 10.2. The fourth-order valence-electron chi connectivity index (χ4n) is 2.15. The highest BCUT2D eigenvalue weighted by atomic mass is 32.2. The van der Waals surface area contributed by atoms with Crippen molar-refractivity contribution in [2.24, 2.45) is 0 Å². The maximum Gasteiger partial charge on any atom is 0.251 e. The van der Waals surface area contributed by atoms with Crippen molar-refractivity contribution in [1.29, 1.82) is 0 Å². The molecule has 0 unspecified atom stereocenters. The lowest BCUT2D eigenvalue weighted by Crippen LogP contribution is -2.19. The lowest BCUT2D eigenvalue weighted by molar-refractivity contribution is -0.113. The Morgan fingerprint density at radius 1 is 1.26 bits per heavy atom. The molecule has 2 aromatic heterocycles. The van der Waals surface area contributed by atoms with Gasteiger partial charge in [0, 0.05) is 23.2 Å². The zero-order valence-electron chi connectivity index (χ0n) is 14.4. The second-order valence-electron chi connectivity index (χ2n) is 5.35. The number of amides is 2. The van der Waals surface area contributed by atoms with Crippen LogP contribution in [-0.4, -0.2) is 39.8 Å². The molecule has 9 heteroatoms. The molecular weight excluding hydrogens is 382 g/mol. The summed E-state index contributed by atoms with van der Waals surface area (Å²) in [5.74, 6) is 0.388. The molecule has 0 fully saturated rings. The van der Waals surface area contributed by atoms with E-state index in [1.165, 1.54) is 11.8 Å². The minimum absolute atomic E-state index is 0.163. The van der Waals surface area contributed by atoms with Crippen molar-refractivity contribution in [3.05, 3.63) is 58.0 Å². The normalized spacial score (nSPS) is 10.9. The van der Waals surface area contributed by atoms with Crippen molar-refractivity contribution in [1.82, 2.24) is 20.5 Å². The molecule has 3 N–H and O–H groups in total. The van der Waals surface area contributed by atoms with Crippen LogP contribution in [0.2, 0.25) is 0 Å². The summed E-state index contributed by atoms with van der Waals surface area (Å²) in [5, 5.41) is 14.7. The van der Waals surface area contributed by atoms with Crippen molar-refractivity contribution in [2.75, 3.05) is 18.1 Å². The van der Waals surface area contributed by atoms with E-state index in [1.54, 1.807) is 42.6 Å². The van der Waals surface area contributed by atoms with Crippen LogP contribution in [0.25, 0.3) is 12.2 Å². The van der Waals surface area contributed by atoms with Gasteiger partial charge in [-0.15, -0.1) is 16.4 Å². The smallest absolute Gasteiger partial charge is 0.251 e. The molecule has 0 saturated carbocycles. The predicted octanol–water partition coefficient (Wildman–Crippen LogP) is 3.13. The largest absolute Gasteiger partial charge is 0.355 e. The molecule has 0 bridgehead atoms. The standard InChI is InChI=1S/C18H17N5O2S2/c1-19-17(25)12-4-2-5-13(10-12)20-16(24)11-27-18-21-15(22-23-18)8-7-14-6-3-9-26-14/h2-10H,11H2,1H3,(H,19,25)(H,20,24)(H,21,22,23)/b8-7+. The van der Waals surface area contributed by atoms with E-state index in [1.807, 2.05) is 29.7 Å². The van der Waals surface area contributed by atoms with E-state index in [0.29, 0.717) is 22.2 Å². The second-order valence-corrected chi connectivity index (χ2v) is 7.27. The number of thioether (sulfide) groups is 1. The molecule has 0 aliphatic heterocycles. The van der Waals surface area contributed by atoms with E-state index in [2.05, 4.69) is 25.8 Å². The Morgan fingerprint density at radius 2 is 2.15 bits per heavy atom. The highest BCUT2D eigenvalue weighted by Crippen LogP contribution is 2.16. The Labute approximate surface area is 164 Å². The fraction of sp³-hybridized carbons (Fsp3) is 0.111. The molecule has 3 aromatic rings. The molecule has 0 radical (unpaired) electrons. The van der Waals surface area contributed by atoms with Crippen LogP contribution in [0.4, 0.5) is 5.69 Å². The zero-order chi connectivity index (χ0) is 19.1. The van der Waals surface area contributed by atoms with Crippen LogP contribution in [0.3, 0.4) is 0 Å². The molecule has 1 aromatic carbocycles. The molecule has 0 aliphatic carbocycles. The van der Waals surface area contributed by atoms with Gasteiger partial charge in [0.25, 0.3) is 5.91 Å². The minimum Gasteiger partial charge on any atom is -0.355 e. The van der Waals surface area contributed by atoms with E-state index < -0.39 is 0 Å². The molecule has 3 rings (SSSR count). The molecule has 0 aliphatic rings. The Morgan fingerprint density at radius 3 is 2.93 bits per heavy atom. The summed E-state index contributed by atoms with van der Waals surface area (Å²) in [6, 6.07) is 10.7. The van der Waals surface area contributed by atoms with Crippen LogP contribution in [-0.2, 0) is 4.79 Å². The van der Waals surface area contributed by atoms with Crippen molar-refractivity contribution in [2.45, 2.75) is 5.16 Å². The molecule has 7 nitrogen and oxygen atoms in total. The van der Waals surface area contributed by atoms with Gasteiger partial charge >= 0.3 is 0 Å². The van der Waals surface area contributed by atoms with E-state index in [9.17, 15) is 9.59 Å². The molecule has 0 spiro atoms. The van der Waals surface area contributed by atoms with Crippen LogP contribution in [0, 0.1) is 0 Å². The van der Waals surface area contributed by atoms with Crippen molar-refractivity contribution >= 4 is 52.8 Å². The summed E-state index contributed by atoms with van der Waals surface area (Å²) in [4.78, 5) is 29.2. The highest BCUT2D eigenvalue weighted by Gasteiger charge is 2.09. The van der Waals surface area contributed by atoms with Crippen molar-refractivity contribution < 1.29 is 9.59 Å². The van der Waals surface area contributed by atoms with Gasteiger partial charge in [-0.25, -0.2) is 4.98 Å². The number of nitrogens with zero attached hydrogens (tertiary/aromatic N) is 2. The van der Waals surface area contributed by atoms with Crippen LogP contribution in [0.1, 0.15) is 21.1 Å². The number of thiophene rings is 1. The van der Waals surface area contributed by atoms with E-state index in [4.69, 9.17) is 0 Å². The number of carbonyl (C=O) groups is 2. The zero-order valence-corrected chi connectivity index (χ0v) is 16.1. The van der Waals surface area contributed by atoms with Gasteiger partial charge in [-0.05, 0) is 41.8 Å². The lowest BCUT2D eigenvalue weighted by Gasteiger charge is -2.06. The van der Waals surface area contributed by atoms with Crippen LogP contribution in [0.15, 0.2) is 46.9 Å². The summed E-state index contributed by atoms with van der Waals surface area (Å²) in [7, 11) is 1.56. The van der Waals surface area contributed by atoms with Gasteiger partial charge in [-0.2, -0.15) is 0 Å². The monoisotopic (exact) mass is 399 g/mol. The number of aromatic amines is 1. The number of carbonyl (C=O) groups excluding carboxylic acids is 2. The van der Waals surface area contributed by atoms with Gasteiger partial charge in [-0.3, -0.25) is 14.7 Å². The van der Waals surface area contributed by atoms with Gasteiger partial charge in [0.1, 0.15) is 5.82 Å². The number of hydrogen-bond donors (Lipinski definition) is 3. The van der Waals surface area contributed by atoms with Crippen molar-refractivity contribution in [3.63, 3.8) is 0 Å². The molecule has 0 atom stereocenters. The summed E-state index contributed by atoms with van der Waals surface area (Å²) in [6.45, 7) is 0. The number of H-pyrrole nitrogens is 1. The first kappa shape index (κ1) is 18.9. The summed E-state index contributed by atoms with van der Waals surface area (Å²) < 4.78 is 0. The fourth-order valence-corrected chi connectivity index (χ4v) is 3.38. The van der Waals surface area contributed by atoms with Gasteiger partial charge < -0.3 is 10.6 Å². The highest BCUT2D eigenvalue weighted by molar-refractivity contribution is 7.99. The van der Waals surface area contributed by atoms with E-state index in [-0.39, 0.29) is 17.6 Å². The maximum absolute atomic E-state index is 12.1. The molecule has 138 valence electrons. The number of anilines is 1. The van der Waals surface area contributed by atoms with Gasteiger partial charge in [0.05, 0.1) is 5.75 Å². The first-order valence-corrected chi connectivity index (χ1v) is 9.89. The number of aromatic nitrogens is 3. The van der Waals surface area contributed by atoms with E-state index >= 15 is 0 Å². The Balaban J connectivity index is 1.51. The molecule has 0 saturated heterocycles. The first-order valence-electron chi connectivity index (χ1n) is 8.03. The van der Waals surface area contributed by atoms with Crippen LogP contribution < -0.4 is 10.6 Å². The average Bonchev–Trinajstić information content (AvgIpc) is 3.36. The third-order valence-corrected chi connectivity index (χ3v) is 5.08. The Bertz CT molecular complexity index is 950. The van der Waals surface area contributed by atoms with Crippen LogP contribution in [0.5, 0.6) is 0 Å². The van der Waals surface area contributed by atoms with Crippen LogP contribution >= 0.6 is 23.1 Å². The Hall–Kier alpha value is -2.91. The SMILES string of the molecule is CNC(=O)c1cccc(NC(=O)CSc2n[nH]c(/C=C/c3cccs3)n2)c1. The molecular formula is C18H17N5O2S2.